The molecule has 0 saturated heterocycles. The van der Waals surface area contributed by atoms with Gasteiger partial charge in [0, 0.05) is 27.3 Å². The molecule has 2 aromatic heterocycles. The fraction of sp³-hybridized carbons (Fsp3) is 0.0526. The Bertz CT molecular complexity index is 3750. The molecule has 13 rings (SSSR count). The van der Waals surface area contributed by atoms with Crippen molar-refractivity contribution >= 4 is 98.4 Å². The zero-order valence-corrected chi connectivity index (χ0v) is 33.2. The molecule has 286 valence electrons. The fourth-order valence-corrected chi connectivity index (χ4v) is 10.0. The van der Waals surface area contributed by atoms with Crippen molar-refractivity contribution in [1.82, 2.24) is 4.57 Å². The molecular weight excluding hydrogens is 743 g/mol. The number of fused-ring (bicyclic) bond motifs is 10. The fourth-order valence-electron chi connectivity index (χ4n) is 10.0. The molecule has 0 fully saturated rings. The van der Waals surface area contributed by atoms with Crippen LogP contribution >= 0.6 is 0 Å². The van der Waals surface area contributed by atoms with Gasteiger partial charge in [0.2, 0.25) is 0 Å². The van der Waals surface area contributed by atoms with E-state index in [4.69, 9.17) is 14.4 Å². The van der Waals surface area contributed by atoms with E-state index in [9.17, 15) is 0 Å². The molecule has 0 saturated carbocycles. The maximum absolute atomic E-state index is 6.70. The highest BCUT2D eigenvalue weighted by Gasteiger charge is 2.28. The second kappa shape index (κ2) is 13.4. The molecule has 0 aliphatic carbocycles. The van der Waals surface area contributed by atoms with Crippen LogP contribution in [0, 0.1) is 0 Å². The van der Waals surface area contributed by atoms with Crippen LogP contribution in [0.4, 0.5) is 0 Å². The predicted molar refractivity (Wildman–Crippen MR) is 256 cm³/mol. The van der Waals surface area contributed by atoms with Crippen LogP contribution in [0.15, 0.2) is 209 Å². The van der Waals surface area contributed by atoms with Gasteiger partial charge in [-0.05, 0) is 104 Å². The molecule has 1 atom stereocenters. The van der Waals surface area contributed by atoms with Gasteiger partial charge in [-0.1, -0.05) is 152 Å². The van der Waals surface area contributed by atoms with Crippen molar-refractivity contribution in [2.45, 2.75) is 18.9 Å². The summed E-state index contributed by atoms with van der Waals surface area (Å²) >= 11 is 0. The number of furan rings is 1. The summed E-state index contributed by atoms with van der Waals surface area (Å²) in [5, 5.41) is 14.2. The molecule has 0 bridgehead atoms. The second-order valence-electron chi connectivity index (χ2n) is 16.4. The molecule has 61 heavy (non-hydrogen) atoms. The van der Waals surface area contributed by atoms with Gasteiger partial charge < -0.3 is 8.98 Å². The molecule has 0 amide bonds. The SMILES string of the molecule is c1ccc2cc(C3=NC(c4cccc5ccccc45)=N[C@H](c4ccc5oc6ccccc6c5c4-n4c5cc6ccccc6cc5c5cc6ccccc6cc54)CC3)ccc2c1. The Morgan fingerprint density at radius 2 is 1.05 bits per heavy atom. The van der Waals surface area contributed by atoms with Crippen molar-refractivity contribution in [1.29, 1.82) is 0 Å². The van der Waals surface area contributed by atoms with Gasteiger partial charge in [0.1, 0.15) is 11.2 Å². The summed E-state index contributed by atoms with van der Waals surface area (Å²) in [7, 11) is 0. The van der Waals surface area contributed by atoms with Gasteiger partial charge in [0.05, 0.1) is 33.9 Å². The number of benzene rings is 10. The van der Waals surface area contributed by atoms with Gasteiger partial charge in [0.25, 0.3) is 0 Å². The number of hydrogen-bond donors (Lipinski definition) is 0. The Hall–Kier alpha value is -7.82. The first-order valence-electron chi connectivity index (χ1n) is 21.1. The van der Waals surface area contributed by atoms with Crippen LogP contribution < -0.4 is 0 Å². The highest BCUT2D eigenvalue weighted by molar-refractivity contribution is 6.20. The van der Waals surface area contributed by atoms with Crippen LogP contribution in [0.25, 0.3) is 92.5 Å². The molecule has 12 aromatic rings. The topological polar surface area (TPSA) is 42.8 Å². The van der Waals surface area contributed by atoms with E-state index in [-0.39, 0.29) is 6.04 Å². The Balaban J connectivity index is 1.12. The minimum atomic E-state index is -0.225. The van der Waals surface area contributed by atoms with E-state index in [0.717, 1.165) is 85.1 Å². The third kappa shape index (κ3) is 5.39. The van der Waals surface area contributed by atoms with Crippen LogP contribution in [0.1, 0.15) is 35.6 Å². The lowest BCUT2D eigenvalue weighted by atomic mass is 9.94. The normalized spacial score (nSPS) is 14.8. The highest BCUT2D eigenvalue weighted by atomic mass is 16.3. The molecular formula is C57H37N3O. The standard InChI is InChI=1S/C57H37N3O/c1-2-14-37-30-42(25-24-35(37)12-1)49-27-28-50(59-57(58-49)44-22-11-19-36-13-7-8-20-43(36)44)45-26-29-54-55(46-21-9-10-23-53(46)61-54)56(45)60-51-33-40-17-5-3-15-38(40)31-47(51)48-32-39-16-4-6-18-41(39)34-52(48)60/h1-26,29-34,50H,27-28H2/t50-/m0/s1. The van der Waals surface area contributed by atoms with E-state index in [1.807, 2.05) is 0 Å². The van der Waals surface area contributed by atoms with E-state index >= 15 is 0 Å². The van der Waals surface area contributed by atoms with Crippen LogP contribution in [0.2, 0.25) is 0 Å². The maximum atomic E-state index is 6.70. The number of aromatic nitrogens is 1. The third-order valence-electron chi connectivity index (χ3n) is 12.9. The van der Waals surface area contributed by atoms with Gasteiger partial charge in [-0.15, -0.1) is 0 Å². The Kier molecular flexibility index (Phi) is 7.46. The Morgan fingerprint density at radius 1 is 0.459 bits per heavy atom. The summed E-state index contributed by atoms with van der Waals surface area (Å²) in [6, 6.07) is 69.9. The number of rotatable bonds is 4. The molecule has 3 heterocycles. The van der Waals surface area contributed by atoms with Crippen LogP contribution in [-0.2, 0) is 0 Å². The summed E-state index contributed by atoms with van der Waals surface area (Å²) in [6.45, 7) is 0. The molecule has 10 aromatic carbocycles. The number of nitrogens with zero attached hydrogens (tertiary/aromatic N) is 3. The number of hydrogen-bond acceptors (Lipinski definition) is 3. The molecule has 0 unspecified atom stereocenters. The minimum absolute atomic E-state index is 0.225. The monoisotopic (exact) mass is 779 g/mol. The average molecular weight is 780 g/mol. The highest BCUT2D eigenvalue weighted by Crippen LogP contribution is 2.45. The molecule has 0 N–H and O–H groups in total. The van der Waals surface area contributed by atoms with Crippen molar-refractivity contribution in [2.24, 2.45) is 9.98 Å². The molecule has 0 spiro atoms. The summed E-state index contributed by atoms with van der Waals surface area (Å²) in [5.41, 5.74) is 9.50. The van der Waals surface area contributed by atoms with E-state index in [0.29, 0.717) is 0 Å². The molecule has 1 aliphatic heterocycles. The molecule has 4 nitrogen and oxygen atoms in total. The number of aliphatic imine (C=N–C) groups is 2. The van der Waals surface area contributed by atoms with Gasteiger partial charge in [-0.25, -0.2) is 4.99 Å². The molecule has 4 heteroatoms. The summed E-state index contributed by atoms with van der Waals surface area (Å²) < 4.78 is 9.22. The second-order valence-corrected chi connectivity index (χ2v) is 16.4. The van der Waals surface area contributed by atoms with Crippen molar-refractivity contribution in [2.75, 3.05) is 0 Å². The predicted octanol–water partition coefficient (Wildman–Crippen LogP) is 15.1. The quantitative estimate of drug-likeness (QED) is 0.175. The van der Waals surface area contributed by atoms with Crippen LogP contribution in [-0.4, -0.2) is 16.1 Å². The lowest BCUT2D eigenvalue weighted by molar-refractivity contribution is 0.664. The minimum Gasteiger partial charge on any atom is -0.456 e. The number of amidine groups is 1. The first kappa shape index (κ1) is 34.1. The van der Waals surface area contributed by atoms with E-state index in [1.54, 1.807) is 0 Å². The lowest BCUT2D eigenvalue weighted by Crippen LogP contribution is -2.07. The van der Waals surface area contributed by atoms with Crippen LogP contribution in [0.5, 0.6) is 0 Å². The van der Waals surface area contributed by atoms with Gasteiger partial charge in [-0.3, -0.25) is 4.99 Å². The first-order valence-corrected chi connectivity index (χ1v) is 21.1. The molecule has 0 radical (unpaired) electrons. The molecule has 1 aliphatic rings. The zero-order valence-electron chi connectivity index (χ0n) is 33.2. The van der Waals surface area contributed by atoms with Crippen molar-refractivity contribution < 1.29 is 4.42 Å². The van der Waals surface area contributed by atoms with E-state index in [2.05, 4.69) is 199 Å². The summed E-state index contributed by atoms with van der Waals surface area (Å²) in [6.07, 6.45) is 1.53. The van der Waals surface area contributed by atoms with E-state index < -0.39 is 0 Å². The lowest BCUT2D eigenvalue weighted by Gasteiger charge is -2.20. The maximum Gasteiger partial charge on any atom is 0.156 e. The largest absolute Gasteiger partial charge is 0.456 e. The van der Waals surface area contributed by atoms with Crippen molar-refractivity contribution in [3.63, 3.8) is 0 Å². The first-order chi connectivity index (χ1) is 30.2. The zero-order chi connectivity index (χ0) is 40.0. The number of para-hydroxylation sites is 1. The van der Waals surface area contributed by atoms with Crippen LogP contribution in [0.3, 0.4) is 0 Å². The summed E-state index contributed by atoms with van der Waals surface area (Å²) in [4.78, 5) is 11.3. The van der Waals surface area contributed by atoms with Gasteiger partial charge in [0.15, 0.2) is 5.84 Å². The average Bonchev–Trinajstić information content (AvgIpc) is 3.74. The van der Waals surface area contributed by atoms with Crippen molar-refractivity contribution in [3.05, 3.63) is 211 Å². The van der Waals surface area contributed by atoms with Gasteiger partial charge in [-0.2, -0.15) is 0 Å². The van der Waals surface area contributed by atoms with E-state index in [1.165, 1.54) is 48.5 Å². The van der Waals surface area contributed by atoms with Gasteiger partial charge >= 0.3 is 0 Å². The summed E-state index contributed by atoms with van der Waals surface area (Å²) in [5.74, 6) is 0.754. The Labute approximate surface area is 351 Å². The Morgan fingerprint density at radius 3 is 1.77 bits per heavy atom. The third-order valence-corrected chi connectivity index (χ3v) is 12.9. The smallest absolute Gasteiger partial charge is 0.156 e. The van der Waals surface area contributed by atoms with Crippen molar-refractivity contribution in [3.8, 4) is 5.69 Å².